The fourth-order valence-corrected chi connectivity index (χ4v) is 2.80. The van der Waals surface area contributed by atoms with Gasteiger partial charge in [0.05, 0.1) is 7.11 Å². The number of hydrogen-bond donors (Lipinski definition) is 0. The fraction of sp³-hybridized carbons (Fsp3) is 0.200. The molecule has 0 atom stereocenters. The predicted octanol–water partition coefficient (Wildman–Crippen LogP) is 4.69. The first kappa shape index (κ1) is 18.7. The van der Waals surface area contributed by atoms with Gasteiger partial charge < -0.3 is 4.74 Å². The van der Waals surface area contributed by atoms with E-state index in [0.717, 1.165) is 10.1 Å². The summed E-state index contributed by atoms with van der Waals surface area (Å²) in [4.78, 5) is 15.0. The number of ketones is 1. The van der Waals surface area contributed by atoms with Crippen molar-refractivity contribution >= 4 is 5.78 Å². The van der Waals surface area contributed by atoms with E-state index in [-0.39, 0.29) is 12.2 Å². The smallest absolute Gasteiger partial charge is 0.450 e. The zero-order valence-corrected chi connectivity index (χ0v) is 14.7. The van der Waals surface area contributed by atoms with Crippen molar-refractivity contribution in [3.05, 3.63) is 77.4 Å². The predicted molar refractivity (Wildman–Crippen MR) is 94.4 cm³/mol. The first-order chi connectivity index (χ1) is 12.8. The highest BCUT2D eigenvalue weighted by molar-refractivity contribution is 5.94. The quantitative estimate of drug-likeness (QED) is 0.609. The summed E-state index contributed by atoms with van der Waals surface area (Å²) in [5.74, 6) is -0.499. The highest BCUT2D eigenvalue weighted by Crippen LogP contribution is 2.32. The van der Waals surface area contributed by atoms with Crippen LogP contribution in [0.5, 0.6) is 5.75 Å². The van der Waals surface area contributed by atoms with Crippen molar-refractivity contribution in [2.75, 3.05) is 7.11 Å². The second-order valence-corrected chi connectivity index (χ2v) is 6.03. The summed E-state index contributed by atoms with van der Waals surface area (Å²) in [7, 11) is 1.49. The molecule has 0 saturated heterocycles. The van der Waals surface area contributed by atoms with E-state index in [1.165, 1.54) is 20.2 Å². The number of imidazole rings is 1. The molecule has 7 heteroatoms. The average molecular weight is 374 g/mol. The Morgan fingerprint density at radius 3 is 2.22 bits per heavy atom. The average Bonchev–Trinajstić information content (AvgIpc) is 3.06. The van der Waals surface area contributed by atoms with E-state index in [0.29, 0.717) is 22.7 Å². The van der Waals surface area contributed by atoms with E-state index >= 15 is 0 Å². The molecule has 0 unspecified atom stereocenters. The molecule has 0 radical (unpaired) electrons. The largest absolute Gasteiger partial charge is 0.497 e. The fourth-order valence-electron chi connectivity index (χ4n) is 2.80. The summed E-state index contributed by atoms with van der Waals surface area (Å²) in [6, 6.07) is 13.1. The maximum absolute atomic E-state index is 13.4. The Morgan fingerprint density at radius 2 is 1.70 bits per heavy atom. The Labute approximate surface area is 154 Å². The van der Waals surface area contributed by atoms with Crippen LogP contribution in [0.25, 0.3) is 5.69 Å². The highest BCUT2D eigenvalue weighted by Gasteiger charge is 2.37. The molecule has 0 fully saturated rings. The van der Waals surface area contributed by atoms with Crippen LogP contribution >= 0.6 is 0 Å². The molecule has 0 aliphatic heterocycles. The molecule has 3 aromatic rings. The molecule has 3 rings (SSSR count). The van der Waals surface area contributed by atoms with Gasteiger partial charge in [-0.25, -0.2) is 4.98 Å². The molecule has 0 aliphatic rings. The number of hydrogen-bond acceptors (Lipinski definition) is 3. The third-order valence-corrected chi connectivity index (χ3v) is 4.16. The molecule has 0 saturated carbocycles. The van der Waals surface area contributed by atoms with Gasteiger partial charge in [0, 0.05) is 29.6 Å². The number of rotatable bonds is 5. The van der Waals surface area contributed by atoms with Gasteiger partial charge >= 0.3 is 6.18 Å². The third-order valence-electron chi connectivity index (χ3n) is 4.16. The Balaban J connectivity index is 2.02. The highest BCUT2D eigenvalue weighted by atomic mass is 19.4. The molecule has 1 aromatic heterocycles. The summed E-state index contributed by atoms with van der Waals surface area (Å²) in [6.07, 6.45) is -3.12. The van der Waals surface area contributed by atoms with Crippen LogP contribution in [0.15, 0.2) is 54.7 Å². The van der Waals surface area contributed by atoms with Crippen LogP contribution in [-0.2, 0) is 12.6 Å². The molecular weight excluding hydrogens is 357 g/mol. The second kappa shape index (κ2) is 7.26. The third kappa shape index (κ3) is 4.02. The van der Waals surface area contributed by atoms with Crippen molar-refractivity contribution in [1.29, 1.82) is 0 Å². The van der Waals surface area contributed by atoms with Crippen molar-refractivity contribution in [2.45, 2.75) is 19.5 Å². The Hall–Kier alpha value is -3.09. The van der Waals surface area contributed by atoms with Gasteiger partial charge in [-0.2, -0.15) is 13.2 Å². The Morgan fingerprint density at radius 1 is 1.07 bits per heavy atom. The maximum Gasteiger partial charge on any atom is 0.450 e. The molecule has 27 heavy (non-hydrogen) atoms. The molecule has 2 aromatic carbocycles. The van der Waals surface area contributed by atoms with Gasteiger partial charge in [0.1, 0.15) is 5.75 Å². The first-order valence-corrected chi connectivity index (χ1v) is 8.17. The van der Waals surface area contributed by atoms with E-state index in [4.69, 9.17) is 4.74 Å². The van der Waals surface area contributed by atoms with Gasteiger partial charge in [0.25, 0.3) is 0 Å². The summed E-state index contributed by atoms with van der Waals surface area (Å²) in [5, 5.41) is 0. The minimum absolute atomic E-state index is 0.0656. The Bertz CT molecular complexity index is 943. The van der Waals surface area contributed by atoms with E-state index in [2.05, 4.69) is 4.98 Å². The molecule has 0 N–H and O–H groups in total. The van der Waals surface area contributed by atoms with E-state index in [9.17, 15) is 18.0 Å². The minimum Gasteiger partial charge on any atom is -0.497 e. The van der Waals surface area contributed by atoms with Crippen molar-refractivity contribution < 1.29 is 22.7 Å². The second-order valence-electron chi connectivity index (χ2n) is 6.03. The maximum atomic E-state index is 13.4. The number of nitrogens with zero attached hydrogens (tertiary/aromatic N) is 2. The topological polar surface area (TPSA) is 44.1 Å². The lowest BCUT2D eigenvalue weighted by molar-refractivity contribution is -0.146. The summed E-state index contributed by atoms with van der Waals surface area (Å²) in [5.41, 5.74) is 2.07. The number of aromatic nitrogens is 2. The van der Waals surface area contributed by atoms with Crippen LogP contribution in [0.4, 0.5) is 13.2 Å². The zero-order valence-electron chi connectivity index (χ0n) is 14.7. The lowest BCUT2D eigenvalue weighted by Crippen LogP contribution is -2.15. The van der Waals surface area contributed by atoms with E-state index in [1.807, 2.05) is 0 Å². The van der Waals surface area contributed by atoms with Gasteiger partial charge in [-0.1, -0.05) is 24.3 Å². The van der Waals surface area contributed by atoms with Crippen molar-refractivity contribution in [1.82, 2.24) is 9.55 Å². The summed E-state index contributed by atoms with van der Waals surface area (Å²) in [6.45, 7) is 1.46. The van der Waals surface area contributed by atoms with Gasteiger partial charge in [-0.15, -0.1) is 0 Å². The number of carbonyl (C=O) groups excluding carboxylic acids is 1. The van der Waals surface area contributed by atoms with Crippen LogP contribution < -0.4 is 4.74 Å². The molecule has 140 valence electrons. The number of Topliss-reactive ketones (excluding diaryl/α,β-unsaturated/α-hetero) is 1. The molecule has 0 aliphatic carbocycles. The van der Waals surface area contributed by atoms with Crippen LogP contribution in [0, 0.1) is 0 Å². The zero-order chi connectivity index (χ0) is 19.6. The van der Waals surface area contributed by atoms with E-state index < -0.39 is 12.0 Å². The molecule has 0 spiro atoms. The van der Waals surface area contributed by atoms with Crippen LogP contribution in [-0.4, -0.2) is 22.4 Å². The normalized spacial score (nSPS) is 11.4. The molecule has 1 heterocycles. The molecule has 0 bridgehead atoms. The van der Waals surface area contributed by atoms with Crippen molar-refractivity contribution in [3.63, 3.8) is 0 Å². The first-order valence-electron chi connectivity index (χ1n) is 8.17. The van der Waals surface area contributed by atoms with Crippen molar-refractivity contribution in [2.24, 2.45) is 0 Å². The number of carbonyl (C=O) groups is 1. The standard InChI is InChI=1S/C20H17F3N2O2/c1-13(26)15-5-3-14(4-6-15)11-17-12-24-19(20(21,22)23)25(17)16-7-9-18(27-2)10-8-16/h3-10,12H,11H2,1-2H3. The monoisotopic (exact) mass is 374 g/mol. The lowest BCUT2D eigenvalue weighted by Gasteiger charge is -2.14. The molecule has 4 nitrogen and oxygen atoms in total. The Kier molecular flexibility index (Phi) is 5.03. The van der Waals surface area contributed by atoms with Gasteiger partial charge in [0.2, 0.25) is 5.82 Å². The number of benzene rings is 2. The number of ether oxygens (including phenoxy) is 1. The van der Waals surface area contributed by atoms with Crippen LogP contribution in [0.1, 0.15) is 34.4 Å². The number of halogens is 3. The minimum atomic E-state index is -4.59. The summed E-state index contributed by atoms with van der Waals surface area (Å²) >= 11 is 0. The van der Waals surface area contributed by atoms with E-state index in [1.54, 1.807) is 48.5 Å². The van der Waals surface area contributed by atoms with Gasteiger partial charge in [-0.05, 0) is 36.8 Å². The SMILES string of the molecule is COc1ccc(-n2c(Cc3ccc(C(C)=O)cc3)cnc2C(F)(F)F)cc1. The van der Waals surface area contributed by atoms with Crippen molar-refractivity contribution in [3.8, 4) is 11.4 Å². The summed E-state index contributed by atoms with van der Waals surface area (Å²) < 4.78 is 46.4. The molecular formula is C20H17F3N2O2. The molecule has 0 amide bonds. The van der Waals surface area contributed by atoms with Gasteiger partial charge in [-0.3, -0.25) is 9.36 Å². The number of alkyl halides is 3. The van der Waals surface area contributed by atoms with Crippen LogP contribution in [0.2, 0.25) is 0 Å². The van der Waals surface area contributed by atoms with Crippen LogP contribution in [0.3, 0.4) is 0 Å². The van der Waals surface area contributed by atoms with Gasteiger partial charge in [0.15, 0.2) is 5.78 Å². The number of methoxy groups -OCH3 is 1. The lowest BCUT2D eigenvalue weighted by atomic mass is 10.1.